The van der Waals surface area contributed by atoms with E-state index >= 15 is 0 Å². The van der Waals surface area contributed by atoms with Gasteiger partial charge >= 0.3 is 0 Å². The minimum atomic E-state index is 0.171. The molecule has 0 aliphatic heterocycles. The molecule has 5 rings (SSSR count). The van der Waals surface area contributed by atoms with Crippen molar-refractivity contribution in [3.63, 3.8) is 0 Å². The van der Waals surface area contributed by atoms with Crippen molar-refractivity contribution in [1.82, 2.24) is 15.3 Å². The van der Waals surface area contributed by atoms with E-state index in [0.717, 1.165) is 57.3 Å². The summed E-state index contributed by atoms with van der Waals surface area (Å²) < 4.78 is 0. The van der Waals surface area contributed by atoms with Crippen molar-refractivity contribution in [2.75, 3.05) is 14.1 Å². The molecule has 2 heterocycles. The van der Waals surface area contributed by atoms with Gasteiger partial charge in [-0.25, -0.2) is 4.98 Å². The van der Waals surface area contributed by atoms with Gasteiger partial charge < -0.3 is 15.8 Å². The van der Waals surface area contributed by atoms with E-state index < -0.39 is 0 Å². The number of nitrogens with one attached hydrogen (secondary N) is 1. The molecular weight excluding hydrogens is 504 g/mol. The summed E-state index contributed by atoms with van der Waals surface area (Å²) in [5.74, 6) is 0.530. The van der Waals surface area contributed by atoms with Crippen molar-refractivity contribution in [2.24, 2.45) is 16.8 Å². The van der Waals surface area contributed by atoms with Crippen LogP contribution in [0.4, 0.5) is 0 Å². The van der Waals surface area contributed by atoms with Crippen LogP contribution in [0.1, 0.15) is 54.2 Å². The van der Waals surface area contributed by atoms with E-state index in [1.807, 2.05) is 68.7 Å². The van der Waals surface area contributed by atoms with Gasteiger partial charge in [-0.15, -0.1) is 0 Å². The molecule has 7 nitrogen and oxygen atoms in total. The second-order valence-electron chi connectivity index (χ2n) is 9.39. The van der Waals surface area contributed by atoms with Gasteiger partial charge in [0.05, 0.1) is 5.52 Å². The average Bonchev–Trinajstić information content (AvgIpc) is 2.97. The van der Waals surface area contributed by atoms with Crippen LogP contribution in [0, 0.1) is 24.2 Å². The molecule has 2 aromatic heterocycles. The summed E-state index contributed by atoms with van der Waals surface area (Å²) in [4.78, 5) is 21.2. The number of benzene rings is 2. The lowest BCUT2D eigenvalue weighted by atomic mass is 9.74. The highest BCUT2D eigenvalue weighted by Gasteiger charge is 2.30. The second kappa shape index (κ2) is 14.5. The molecule has 0 saturated heterocycles. The summed E-state index contributed by atoms with van der Waals surface area (Å²) >= 11 is 1.27. The zero-order chi connectivity index (χ0) is 28.4. The number of fused-ring (bicyclic) bond motifs is 1. The molecule has 4 aromatic rings. The number of pyridine rings is 2. The highest BCUT2D eigenvalue weighted by molar-refractivity contribution is 7.97. The van der Waals surface area contributed by atoms with Crippen molar-refractivity contribution >= 4 is 29.1 Å². The monoisotopic (exact) mass is 540 g/mol. The number of nitriles is 1. The fraction of sp³-hybridized carbons (Fsp3) is 0.290. The number of aromatic nitrogens is 2. The molecule has 1 saturated carbocycles. The SMILES string of the molecule is CN.CNC(C)c1cc(C)cc2nc(C#N)c(-c3ccc(C4CC(C=O)C4)nc3)cc12.NSc1ccccc1. The highest BCUT2D eigenvalue weighted by Crippen LogP contribution is 2.40. The first kappa shape index (κ1) is 29.9. The molecule has 5 N–H and O–H groups in total. The quantitative estimate of drug-likeness (QED) is 0.210. The van der Waals surface area contributed by atoms with Crippen molar-refractivity contribution in [3.8, 4) is 17.2 Å². The third-order valence-electron chi connectivity index (χ3n) is 6.88. The fourth-order valence-electron chi connectivity index (χ4n) is 4.59. The van der Waals surface area contributed by atoms with Crippen molar-refractivity contribution in [3.05, 3.63) is 89.4 Å². The maximum Gasteiger partial charge on any atom is 0.149 e. The Kier molecular flexibility index (Phi) is 11.1. The Morgan fingerprint density at radius 3 is 2.38 bits per heavy atom. The zero-order valence-corrected chi connectivity index (χ0v) is 23.7. The molecule has 39 heavy (non-hydrogen) atoms. The summed E-state index contributed by atoms with van der Waals surface area (Å²) in [6.45, 7) is 4.17. The lowest BCUT2D eigenvalue weighted by Gasteiger charge is -2.30. The first-order valence-electron chi connectivity index (χ1n) is 12.9. The lowest BCUT2D eigenvalue weighted by molar-refractivity contribution is -0.113. The van der Waals surface area contributed by atoms with E-state index in [1.165, 1.54) is 24.6 Å². The lowest BCUT2D eigenvalue weighted by Crippen LogP contribution is -2.23. The molecule has 0 spiro atoms. The minimum absolute atomic E-state index is 0.171. The van der Waals surface area contributed by atoms with Gasteiger partial charge in [-0.2, -0.15) is 5.26 Å². The van der Waals surface area contributed by atoms with E-state index in [2.05, 4.69) is 46.1 Å². The Morgan fingerprint density at radius 1 is 1.13 bits per heavy atom. The summed E-state index contributed by atoms with van der Waals surface area (Å²) in [6.07, 6.45) is 4.61. The standard InChI is InChI=1S/C24H24N4O.C6H7NS.CH5N/c1-14-6-19(15(2)26-3)21-10-20(24(11-25)28-23(21)7-14)17-4-5-22(27-12-17)18-8-16(9-18)13-29;7-8-6-4-2-1-3-5-6;1-2/h4-7,10,12-13,15-16,18,26H,8-9H2,1-3H3;1-5H,7H2;2H2,1H3. The number of carbonyl (C=O) groups is 1. The van der Waals surface area contributed by atoms with Gasteiger partial charge in [0.2, 0.25) is 0 Å². The average molecular weight is 541 g/mol. The first-order chi connectivity index (χ1) is 19.0. The number of aryl methyl sites for hydroxylation is 1. The van der Waals surface area contributed by atoms with Crippen LogP contribution >= 0.6 is 11.9 Å². The molecule has 202 valence electrons. The van der Waals surface area contributed by atoms with Crippen LogP contribution in [0.15, 0.2) is 71.8 Å². The molecule has 0 amide bonds. The Hall–Kier alpha value is -3.61. The van der Waals surface area contributed by atoms with Gasteiger partial charge in [0, 0.05) is 51.2 Å². The van der Waals surface area contributed by atoms with Crippen LogP contribution in [0.25, 0.3) is 22.0 Å². The zero-order valence-electron chi connectivity index (χ0n) is 22.9. The fourth-order valence-corrected chi connectivity index (χ4v) is 4.90. The van der Waals surface area contributed by atoms with Crippen LogP contribution in [-0.4, -0.2) is 30.3 Å². The second-order valence-corrected chi connectivity index (χ2v) is 10.1. The van der Waals surface area contributed by atoms with E-state index in [4.69, 9.17) is 5.14 Å². The molecule has 1 aliphatic carbocycles. The normalized spacial score (nSPS) is 16.4. The van der Waals surface area contributed by atoms with Crippen LogP contribution in [0.3, 0.4) is 0 Å². The van der Waals surface area contributed by atoms with Gasteiger partial charge in [-0.3, -0.25) is 10.1 Å². The molecule has 1 atom stereocenters. The van der Waals surface area contributed by atoms with Crippen molar-refractivity contribution in [2.45, 2.75) is 43.5 Å². The van der Waals surface area contributed by atoms with Gasteiger partial charge in [0.25, 0.3) is 0 Å². The maximum atomic E-state index is 10.8. The smallest absolute Gasteiger partial charge is 0.149 e. The maximum absolute atomic E-state index is 10.8. The molecule has 1 fully saturated rings. The third kappa shape index (κ3) is 7.28. The molecule has 0 bridgehead atoms. The molecule has 1 unspecified atom stereocenters. The Morgan fingerprint density at radius 2 is 1.85 bits per heavy atom. The molecule has 2 aromatic carbocycles. The van der Waals surface area contributed by atoms with Crippen LogP contribution < -0.4 is 16.2 Å². The summed E-state index contributed by atoms with van der Waals surface area (Å²) in [7, 11) is 3.44. The summed E-state index contributed by atoms with van der Waals surface area (Å²) in [5, 5.41) is 19.3. The van der Waals surface area contributed by atoms with E-state index in [9.17, 15) is 10.1 Å². The van der Waals surface area contributed by atoms with Crippen LogP contribution in [-0.2, 0) is 4.79 Å². The number of nitrogens with zero attached hydrogens (tertiary/aromatic N) is 3. The molecule has 0 radical (unpaired) electrons. The summed E-state index contributed by atoms with van der Waals surface area (Å²) in [5.41, 5.74) is 10.7. The number of hydrogen-bond donors (Lipinski definition) is 3. The predicted molar refractivity (Wildman–Crippen MR) is 160 cm³/mol. The van der Waals surface area contributed by atoms with Gasteiger partial charge in [-0.05, 0) is 94.2 Å². The van der Waals surface area contributed by atoms with Crippen LogP contribution in [0.5, 0.6) is 0 Å². The van der Waals surface area contributed by atoms with Gasteiger partial charge in [0.1, 0.15) is 18.0 Å². The number of nitrogens with two attached hydrogens (primary N) is 2. The van der Waals surface area contributed by atoms with Gasteiger partial charge in [-0.1, -0.05) is 30.3 Å². The number of aldehydes is 1. The molecular formula is C31H36N6OS. The minimum Gasteiger partial charge on any atom is -0.333 e. The predicted octanol–water partition coefficient (Wildman–Crippen LogP) is 5.68. The summed E-state index contributed by atoms with van der Waals surface area (Å²) in [6, 6.07) is 22.6. The Balaban J connectivity index is 0.000000357. The largest absolute Gasteiger partial charge is 0.333 e. The van der Waals surface area contributed by atoms with E-state index in [-0.39, 0.29) is 12.0 Å². The topological polar surface area (TPSA) is 131 Å². The number of carbonyl (C=O) groups excluding carboxylic acids is 1. The number of rotatable bonds is 6. The van der Waals surface area contributed by atoms with Crippen LogP contribution in [0.2, 0.25) is 0 Å². The first-order valence-corrected chi connectivity index (χ1v) is 13.8. The molecule has 8 heteroatoms. The van der Waals surface area contributed by atoms with Crippen molar-refractivity contribution in [1.29, 1.82) is 5.26 Å². The van der Waals surface area contributed by atoms with Crippen molar-refractivity contribution < 1.29 is 4.79 Å². The van der Waals surface area contributed by atoms with Gasteiger partial charge in [0.15, 0.2) is 0 Å². The third-order valence-corrected chi connectivity index (χ3v) is 7.42. The van der Waals surface area contributed by atoms with E-state index in [0.29, 0.717) is 11.6 Å². The van der Waals surface area contributed by atoms with E-state index in [1.54, 1.807) is 0 Å². The Labute approximate surface area is 235 Å². The number of hydrogen-bond acceptors (Lipinski definition) is 8. The Bertz CT molecular complexity index is 1410. The highest BCUT2D eigenvalue weighted by atomic mass is 32.2. The molecule has 1 aliphatic rings.